The van der Waals surface area contributed by atoms with Gasteiger partial charge in [-0.1, -0.05) is 284 Å². The van der Waals surface area contributed by atoms with E-state index >= 15 is 0 Å². The topological polar surface area (TPSA) is 78.9 Å². The fraction of sp³-hybridized carbons (Fsp3) is 0.704. The van der Waals surface area contributed by atoms with Crippen molar-refractivity contribution < 1.29 is 28.6 Å². The van der Waals surface area contributed by atoms with Crippen LogP contribution in [-0.2, 0) is 28.6 Å². The highest BCUT2D eigenvalue weighted by atomic mass is 16.6. The van der Waals surface area contributed by atoms with Gasteiger partial charge in [0.05, 0.1) is 0 Å². The van der Waals surface area contributed by atoms with Crippen LogP contribution in [0, 0.1) is 0 Å². The first-order valence-electron chi connectivity index (χ1n) is 32.4. The molecule has 0 N–H and O–H groups in total. The molecule has 0 fully saturated rings. The summed E-state index contributed by atoms with van der Waals surface area (Å²) in [4.78, 5) is 38.3. The van der Waals surface area contributed by atoms with Crippen LogP contribution in [0.3, 0.4) is 0 Å². The summed E-state index contributed by atoms with van der Waals surface area (Å²) in [6, 6.07) is 0. The lowest BCUT2D eigenvalue weighted by atomic mass is 10.1. The van der Waals surface area contributed by atoms with Crippen LogP contribution in [0.25, 0.3) is 0 Å². The van der Waals surface area contributed by atoms with E-state index < -0.39 is 6.10 Å². The van der Waals surface area contributed by atoms with E-state index in [4.69, 9.17) is 14.2 Å². The largest absolute Gasteiger partial charge is 0.462 e. The molecule has 6 nitrogen and oxygen atoms in total. The average Bonchev–Trinajstić information content (AvgIpc) is 3.43. The van der Waals surface area contributed by atoms with Gasteiger partial charge in [-0.3, -0.25) is 14.4 Å². The van der Waals surface area contributed by atoms with Crippen molar-refractivity contribution in [2.45, 2.75) is 309 Å². The van der Waals surface area contributed by atoms with Gasteiger partial charge in [-0.25, -0.2) is 0 Å². The van der Waals surface area contributed by atoms with Crippen molar-refractivity contribution in [1.82, 2.24) is 0 Å². The molecule has 0 aromatic heterocycles. The molecule has 1 atom stereocenters. The highest BCUT2D eigenvalue weighted by molar-refractivity contribution is 5.71. The van der Waals surface area contributed by atoms with E-state index in [-0.39, 0.29) is 31.1 Å². The molecule has 0 amide bonds. The molecule has 0 bridgehead atoms. The second kappa shape index (κ2) is 64.6. The monoisotopic (exact) mass is 1070 g/mol. The molecule has 0 radical (unpaired) electrons. The van der Waals surface area contributed by atoms with E-state index in [1.165, 1.54) is 141 Å². The molecule has 0 aliphatic heterocycles. The van der Waals surface area contributed by atoms with E-state index in [0.717, 1.165) is 122 Å². The number of carbonyl (C=O) groups is 3. The lowest BCUT2D eigenvalue weighted by molar-refractivity contribution is -0.167. The number of rotatable bonds is 58. The minimum atomic E-state index is -0.795. The lowest BCUT2D eigenvalue weighted by Crippen LogP contribution is -2.30. The van der Waals surface area contributed by atoms with E-state index in [2.05, 4.69) is 130 Å². The van der Waals surface area contributed by atoms with Crippen molar-refractivity contribution in [3.8, 4) is 0 Å². The van der Waals surface area contributed by atoms with E-state index in [0.29, 0.717) is 19.3 Å². The van der Waals surface area contributed by atoms with Crippen molar-refractivity contribution in [1.29, 1.82) is 0 Å². The molecule has 6 heteroatoms. The Hall–Kier alpha value is -3.93. The molecule has 0 saturated carbocycles. The van der Waals surface area contributed by atoms with Crippen LogP contribution < -0.4 is 0 Å². The molecule has 1 unspecified atom stereocenters. The first-order chi connectivity index (χ1) is 38.0. The lowest BCUT2D eigenvalue weighted by Gasteiger charge is -2.18. The molecule has 0 spiro atoms. The average molecular weight is 1070 g/mol. The van der Waals surface area contributed by atoms with Gasteiger partial charge in [0.15, 0.2) is 6.10 Å². The number of hydrogen-bond acceptors (Lipinski definition) is 6. The molecule has 0 aliphatic carbocycles. The summed E-state index contributed by atoms with van der Waals surface area (Å²) in [6.07, 6.45) is 88.1. The zero-order chi connectivity index (χ0) is 55.7. The van der Waals surface area contributed by atoms with E-state index in [1.54, 1.807) is 0 Å². The fourth-order valence-electron chi connectivity index (χ4n) is 8.92. The highest BCUT2D eigenvalue weighted by Crippen LogP contribution is 2.16. The summed E-state index contributed by atoms with van der Waals surface area (Å²) in [5, 5.41) is 0. The number of unbranched alkanes of at least 4 members (excludes halogenated alkanes) is 29. The molecule has 0 rings (SSSR count). The van der Waals surface area contributed by atoms with Crippen molar-refractivity contribution in [3.05, 3.63) is 109 Å². The van der Waals surface area contributed by atoms with Crippen LogP contribution in [0.1, 0.15) is 303 Å². The third kappa shape index (κ3) is 62.8. The Labute approximate surface area is 476 Å². The smallest absolute Gasteiger partial charge is 0.306 e. The maximum Gasteiger partial charge on any atom is 0.306 e. The maximum absolute atomic E-state index is 12.9. The fourth-order valence-corrected chi connectivity index (χ4v) is 8.92. The first kappa shape index (κ1) is 73.1. The molecular formula is C71H120O6. The van der Waals surface area contributed by atoms with Crippen LogP contribution in [0.15, 0.2) is 109 Å². The summed E-state index contributed by atoms with van der Waals surface area (Å²) < 4.78 is 16.9. The number of ether oxygens (including phenoxy) is 3. The van der Waals surface area contributed by atoms with Crippen LogP contribution in [0.4, 0.5) is 0 Å². The van der Waals surface area contributed by atoms with Gasteiger partial charge in [0.25, 0.3) is 0 Å². The van der Waals surface area contributed by atoms with Gasteiger partial charge in [0.2, 0.25) is 0 Å². The standard InChI is InChI=1S/C71H120O6/c1-4-7-10-13-16-19-22-24-26-28-30-32-34-35-37-38-40-42-44-46-49-52-55-58-61-64-70(73)76-67-68(66-75-69(72)63-60-57-54-51-48-21-18-15-12-9-6-3)77-71(74)65-62-59-56-53-50-47-45-43-41-39-36-33-31-29-27-25-23-20-17-14-11-8-5-2/h8,11,17,20,22,24-25,27-28,30-31,33-35,39,41,45,47,68H,4-7,9-10,12-16,18-19,21,23,26,29,32,36-38,40,42-44,46,48-67H2,1-3H3/b11-8-,20-17-,24-22-,27-25-,30-28-,33-31-,35-34-,41-39-,47-45-. The van der Waals surface area contributed by atoms with Crippen molar-refractivity contribution in [2.75, 3.05) is 13.2 Å². The van der Waals surface area contributed by atoms with Gasteiger partial charge in [0, 0.05) is 19.3 Å². The summed E-state index contributed by atoms with van der Waals surface area (Å²) in [5.74, 6) is -0.911. The van der Waals surface area contributed by atoms with Crippen molar-refractivity contribution in [3.63, 3.8) is 0 Å². The third-order valence-electron chi connectivity index (χ3n) is 13.8. The Morgan fingerprint density at radius 3 is 0.792 bits per heavy atom. The third-order valence-corrected chi connectivity index (χ3v) is 13.8. The molecule has 440 valence electrons. The van der Waals surface area contributed by atoms with Crippen molar-refractivity contribution in [2.24, 2.45) is 0 Å². The Kier molecular flexibility index (Phi) is 61.3. The van der Waals surface area contributed by atoms with Crippen LogP contribution >= 0.6 is 0 Å². The molecule has 0 aromatic carbocycles. The predicted molar refractivity (Wildman–Crippen MR) is 334 cm³/mol. The Balaban J connectivity index is 4.35. The molecular weight excluding hydrogens is 949 g/mol. The van der Waals surface area contributed by atoms with Crippen LogP contribution in [-0.4, -0.2) is 37.2 Å². The molecule has 0 aliphatic rings. The number of esters is 3. The van der Waals surface area contributed by atoms with E-state index in [9.17, 15) is 14.4 Å². The summed E-state index contributed by atoms with van der Waals surface area (Å²) in [5.41, 5.74) is 0. The number of allylic oxidation sites excluding steroid dienone is 18. The van der Waals surface area contributed by atoms with Crippen LogP contribution in [0.5, 0.6) is 0 Å². The van der Waals surface area contributed by atoms with E-state index in [1.807, 2.05) is 0 Å². The molecule has 0 heterocycles. The SMILES string of the molecule is CC/C=C\C/C=C\C/C=C\C/C=C\C/C=C\C/C=C\CCCCCCC(=O)OC(COC(=O)CCCCCCCCCCCCC)COC(=O)CCCCCCCCCCCC/C=C\C/C=C\C/C=C\CCCCCCC. The summed E-state index contributed by atoms with van der Waals surface area (Å²) in [7, 11) is 0. The molecule has 0 aromatic rings. The minimum absolute atomic E-state index is 0.0888. The molecule has 0 saturated heterocycles. The zero-order valence-electron chi connectivity index (χ0n) is 50.4. The van der Waals surface area contributed by atoms with Gasteiger partial charge in [0.1, 0.15) is 13.2 Å². The minimum Gasteiger partial charge on any atom is -0.462 e. The number of carbonyl (C=O) groups excluding carboxylic acids is 3. The highest BCUT2D eigenvalue weighted by Gasteiger charge is 2.19. The van der Waals surface area contributed by atoms with Gasteiger partial charge in [-0.15, -0.1) is 0 Å². The van der Waals surface area contributed by atoms with Gasteiger partial charge in [-0.05, 0) is 109 Å². The first-order valence-corrected chi connectivity index (χ1v) is 32.4. The normalized spacial score (nSPS) is 12.8. The van der Waals surface area contributed by atoms with Crippen LogP contribution in [0.2, 0.25) is 0 Å². The Morgan fingerprint density at radius 1 is 0.273 bits per heavy atom. The maximum atomic E-state index is 12.9. The van der Waals surface area contributed by atoms with Crippen molar-refractivity contribution >= 4 is 17.9 Å². The summed E-state index contributed by atoms with van der Waals surface area (Å²) >= 11 is 0. The summed E-state index contributed by atoms with van der Waals surface area (Å²) in [6.45, 7) is 6.50. The second-order valence-corrected chi connectivity index (χ2v) is 21.3. The quantitative estimate of drug-likeness (QED) is 0.0261. The van der Waals surface area contributed by atoms with Gasteiger partial charge in [-0.2, -0.15) is 0 Å². The Morgan fingerprint density at radius 2 is 0.506 bits per heavy atom. The Bertz CT molecular complexity index is 1560. The van der Waals surface area contributed by atoms with Gasteiger partial charge < -0.3 is 14.2 Å². The number of hydrogen-bond donors (Lipinski definition) is 0. The second-order valence-electron chi connectivity index (χ2n) is 21.3. The predicted octanol–water partition coefficient (Wildman–Crippen LogP) is 22.2. The zero-order valence-corrected chi connectivity index (χ0v) is 50.4. The van der Waals surface area contributed by atoms with Gasteiger partial charge >= 0.3 is 17.9 Å². The molecule has 77 heavy (non-hydrogen) atoms.